The topological polar surface area (TPSA) is 77.9 Å². The molecule has 0 unspecified atom stereocenters. The number of hydrogen-bond acceptors (Lipinski definition) is 2. The summed E-state index contributed by atoms with van der Waals surface area (Å²) in [5.74, 6) is -0.151. The lowest BCUT2D eigenvalue weighted by atomic mass is 10.2. The van der Waals surface area contributed by atoms with Crippen molar-refractivity contribution in [2.45, 2.75) is 12.8 Å². The van der Waals surface area contributed by atoms with Crippen LogP contribution in [0.5, 0.6) is 0 Å². The molecule has 0 aromatic heterocycles. The Morgan fingerprint density at radius 1 is 1.50 bits per heavy atom. The number of hydrogen-bond donors (Lipinski definition) is 1. The van der Waals surface area contributed by atoms with Crippen LogP contribution in [-0.4, -0.2) is 19.0 Å². The van der Waals surface area contributed by atoms with Gasteiger partial charge in [0, 0.05) is 27.5 Å². The highest BCUT2D eigenvalue weighted by atomic mass is 79.9. The van der Waals surface area contributed by atoms with Gasteiger partial charge in [0.05, 0.1) is 5.56 Å². The Labute approximate surface area is 118 Å². The van der Waals surface area contributed by atoms with Crippen LogP contribution in [0.1, 0.15) is 23.2 Å². The minimum atomic E-state index is -0.151. The summed E-state index contributed by atoms with van der Waals surface area (Å²) in [6, 6.07) is 5.02. The van der Waals surface area contributed by atoms with Crippen LogP contribution in [0.2, 0.25) is 5.02 Å². The number of rotatable bonds is 6. The van der Waals surface area contributed by atoms with Crippen LogP contribution < -0.4 is 5.32 Å². The molecule has 0 saturated carbocycles. The normalized spacial score (nSPS) is 9.67. The van der Waals surface area contributed by atoms with E-state index in [1.807, 2.05) is 0 Å². The summed E-state index contributed by atoms with van der Waals surface area (Å²) in [5, 5.41) is 6.78. The van der Waals surface area contributed by atoms with Gasteiger partial charge in [0.2, 0.25) is 0 Å². The molecule has 1 rings (SSSR count). The Hall–Kier alpha value is -1.23. The fourth-order valence-corrected chi connectivity index (χ4v) is 2.19. The maximum Gasteiger partial charge on any atom is 0.252 e. The molecule has 1 aromatic rings. The lowest BCUT2D eigenvalue weighted by Crippen LogP contribution is -2.24. The van der Waals surface area contributed by atoms with E-state index in [0.717, 1.165) is 12.8 Å². The van der Waals surface area contributed by atoms with E-state index in [2.05, 4.69) is 31.3 Å². The summed E-state index contributed by atoms with van der Waals surface area (Å²) in [7, 11) is 0. The zero-order valence-electron chi connectivity index (χ0n) is 9.57. The smallest absolute Gasteiger partial charge is 0.252 e. The van der Waals surface area contributed by atoms with Gasteiger partial charge < -0.3 is 5.32 Å². The fourth-order valence-electron chi connectivity index (χ4n) is 1.32. The standard InChI is InChI=1S/C11H12BrClN4O/c12-10-7-8(13)3-4-9(10)11(18)15-5-1-2-6-16-17-14/h3-4,7H,1-2,5-6H2,(H,15,18). The number of carbonyl (C=O) groups is 1. The lowest BCUT2D eigenvalue weighted by Gasteiger charge is -2.06. The minimum Gasteiger partial charge on any atom is -0.352 e. The number of nitrogens with one attached hydrogen (secondary N) is 1. The van der Waals surface area contributed by atoms with E-state index in [1.165, 1.54) is 0 Å². The number of unbranched alkanes of at least 4 members (excludes halogenated alkanes) is 1. The molecule has 1 amide bonds. The monoisotopic (exact) mass is 330 g/mol. The number of azide groups is 1. The van der Waals surface area contributed by atoms with Crippen molar-refractivity contribution in [2.24, 2.45) is 5.11 Å². The Kier molecular flexibility index (Phi) is 6.57. The maximum absolute atomic E-state index is 11.8. The number of amides is 1. The third-order valence-electron chi connectivity index (χ3n) is 2.21. The molecule has 96 valence electrons. The summed E-state index contributed by atoms with van der Waals surface area (Å²) < 4.78 is 0.668. The van der Waals surface area contributed by atoms with E-state index in [9.17, 15) is 4.79 Å². The molecule has 18 heavy (non-hydrogen) atoms. The van der Waals surface area contributed by atoms with Crippen molar-refractivity contribution in [3.63, 3.8) is 0 Å². The second-order valence-electron chi connectivity index (χ2n) is 3.54. The van der Waals surface area contributed by atoms with E-state index < -0.39 is 0 Å². The Morgan fingerprint density at radius 2 is 2.28 bits per heavy atom. The molecule has 0 spiro atoms. The van der Waals surface area contributed by atoms with Crippen LogP contribution in [0.4, 0.5) is 0 Å². The third-order valence-corrected chi connectivity index (χ3v) is 3.10. The molecule has 0 aliphatic rings. The molecule has 0 aliphatic heterocycles. The van der Waals surface area contributed by atoms with Gasteiger partial charge in [0.1, 0.15) is 0 Å². The first-order valence-electron chi connectivity index (χ1n) is 5.39. The Balaban J connectivity index is 2.38. The largest absolute Gasteiger partial charge is 0.352 e. The van der Waals surface area contributed by atoms with Crippen LogP contribution in [0.15, 0.2) is 27.8 Å². The second kappa shape index (κ2) is 7.97. The van der Waals surface area contributed by atoms with Crippen LogP contribution >= 0.6 is 27.5 Å². The predicted octanol–water partition coefficient (Wildman–Crippen LogP) is 3.92. The molecular weight excluding hydrogens is 320 g/mol. The summed E-state index contributed by atoms with van der Waals surface area (Å²) in [4.78, 5) is 14.5. The first-order valence-corrected chi connectivity index (χ1v) is 6.56. The molecule has 0 fully saturated rings. The van der Waals surface area contributed by atoms with Crippen molar-refractivity contribution >= 4 is 33.4 Å². The van der Waals surface area contributed by atoms with E-state index in [1.54, 1.807) is 18.2 Å². The molecule has 0 saturated heterocycles. The molecule has 1 N–H and O–H groups in total. The van der Waals surface area contributed by atoms with E-state index >= 15 is 0 Å². The van der Waals surface area contributed by atoms with Gasteiger partial charge in [-0.05, 0) is 52.5 Å². The van der Waals surface area contributed by atoms with Crippen LogP contribution in [0.25, 0.3) is 10.4 Å². The van der Waals surface area contributed by atoms with Gasteiger partial charge in [-0.2, -0.15) is 0 Å². The molecular formula is C11H12BrClN4O. The average molecular weight is 332 g/mol. The van der Waals surface area contributed by atoms with Crippen LogP contribution in [0, 0.1) is 0 Å². The SMILES string of the molecule is [N-]=[N+]=NCCCCNC(=O)c1ccc(Cl)cc1Br. The van der Waals surface area contributed by atoms with E-state index in [-0.39, 0.29) is 5.91 Å². The number of nitrogens with zero attached hydrogens (tertiary/aromatic N) is 3. The first-order chi connectivity index (χ1) is 8.65. The summed E-state index contributed by atoms with van der Waals surface area (Å²) in [6.07, 6.45) is 1.53. The van der Waals surface area contributed by atoms with Crippen molar-refractivity contribution in [3.05, 3.63) is 43.7 Å². The summed E-state index contributed by atoms with van der Waals surface area (Å²) in [5.41, 5.74) is 8.64. The molecule has 0 atom stereocenters. The lowest BCUT2D eigenvalue weighted by molar-refractivity contribution is 0.0952. The minimum absolute atomic E-state index is 0.151. The molecule has 0 heterocycles. The second-order valence-corrected chi connectivity index (χ2v) is 4.83. The van der Waals surface area contributed by atoms with Crippen molar-refractivity contribution in [1.82, 2.24) is 5.32 Å². The molecule has 7 heteroatoms. The highest BCUT2D eigenvalue weighted by molar-refractivity contribution is 9.10. The predicted molar refractivity (Wildman–Crippen MR) is 74.7 cm³/mol. The quantitative estimate of drug-likeness (QED) is 0.364. The van der Waals surface area contributed by atoms with Crippen LogP contribution in [-0.2, 0) is 0 Å². The molecule has 1 aromatic carbocycles. The van der Waals surface area contributed by atoms with Crippen molar-refractivity contribution in [2.75, 3.05) is 13.1 Å². The van der Waals surface area contributed by atoms with Gasteiger partial charge in [0.25, 0.3) is 5.91 Å². The molecule has 0 radical (unpaired) electrons. The van der Waals surface area contributed by atoms with E-state index in [4.69, 9.17) is 17.1 Å². The fraction of sp³-hybridized carbons (Fsp3) is 0.364. The molecule has 0 aliphatic carbocycles. The molecule has 0 bridgehead atoms. The van der Waals surface area contributed by atoms with Crippen molar-refractivity contribution in [3.8, 4) is 0 Å². The molecule has 5 nitrogen and oxygen atoms in total. The highest BCUT2D eigenvalue weighted by Gasteiger charge is 2.09. The third kappa shape index (κ3) is 4.96. The Bertz CT molecular complexity index is 474. The van der Waals surface area contributed by atoms with Gasteiger partial charge >= 0.3 is 0 Å². The maximum atomic E-state index is 11.8. The first kappa shape index (κ1) is 14.8. The van der Waals surface area contributed by atoms with Gasteiger partial charge in [-0.25, -0.2) is 0 Å². The summed E-state index contributed by atoms with van der Waals surface area (Å²) >= 11 is 9.09. The average Bonchev–Trinajstić information content (AvgIpc) is 2.33. The van der Waals surface area contributed by atoms with Gasteiger partial charge in [-0.1, -0.05) is 16.7 Å². The van der Waals surface area contributed by atoms with Crippen molar-refractivity contribution in [1.29, 1.82) is 0 Å². The van der Waals surface area contributed by atoms with Crippen LogP contribution in [0.3, 0.4) is 0 Å². The number of carbonyl (C=O) groups excluding carboxylic acids is 1. The number of benzene rings is 1. The van der Waals surface area contributed by atoms with Crippen molar-refractivity contribution < 1.29 is 4.79 Å². The zero-order valence-corrected chi connectivity index (χ0v) is 11.9. The van der Waals surface area contributed by atoms with Gasteiger partial charge in [-0.3, -0.25) is 4.79 Å². The van der Waals surface area contributed by atoms with Gasteiger partial charge in [-0.15, -0.1) is 0 Å². The van der Waals surface area contributed by atoms with E-state index in [0.29, 0.717) is 28.1 Å². The van der Waals surface area contributed by atoms with Gasteiger partial charge in [0.15, 0.2) is 0 Å². The number of halogens is 2. The summed E-state index contributed by atoms with van der Waals surface area (Å²) in [6.45, 7) is 1.01. The zero-order chi connectivity index (χ0) is 13.4. The Morgan fingerprint density at radius 3 is 2.94 bits per heavy atom. The highest BCUT2D eigenvalue weighted by Crippen LogP contribution is 2.21.